The summed E-state index contributed by atoms with van der Waals surface area (Å²) in [5, 5.41) is 54.8. The van der Waals surface area contributed by atoms with Gasteiger partial charge in [0.25, 0.3) is 0 Å². The van der Waals surface area contributed by atoms with Gasteiger partial charge in [-0.1, -0.05) is 44.9 Å². The maximum atomic E-state index is 14.1. The lowest BCUT2D eigenvalue weighted by Crippen LogP contribution is -2.78. The maximum absolute atomic E-state index is 14.1. The highest BCUT2D eigenvalue weighted by atomic mass is 79.9. The first kappa shape index (κ1) is 33.6. The minimum Gasteiger partial charge on any atom is -0.479 e. The SMILES string of the molecule is CCCC[C@]1(CC)CS(=O)(=O)c2cc(OC3OC(C)(C(=O)O)C(C)(O)C(C)(O)C3O)c(Br)cc2N(c2ccccc2)[C@H]1O. The molecule has 5 N–H and O–H groups in total. The Labute approximate surface area is 260 Å². The van der Waals surface area contributed by atoms with Gasteiger partial charge >= 0.3 is 5.97 Å². The molecule has 2 aromatic carbocycles. The zero-order valence-electron chi connectivity index (χ0n) is 24.8. The molecule has 2 heterocycles. The van der Waals surface area contributed by atoms with E-state index in [2.05, 4.69) is 15.9 Å². The number of carboxylic acids is 1. The summed E-state index contributed by atoms with van der Waals surface area (Å²) in [6.45, 7) is 7.00. The molecular formula is C30H40BrNO10S. The number of carboxylic acid groups (broad SMARTS) is 1. The number of aliphatic hydroxyl groups excluding tert-OH is 2. The molecule has 238 valence electrons. The van der Waals surface area contributed by atoms with Crippen molar-refractivity contribution in [2.24, 2.45) is 5.41 Å². The van der Waals surface area contributed by atoms with Crippen LogP contribution >= 0.6 is 15.9 Å². The van der Waals surface area contributed by atoms with Crippen LogP contribution in [0.2, 0.25) is 0 Å². The van der Waals surface area contributed by atoms with Crippen molar-refractivity contribution in [3.63, 3.8) is 0 Å². The van der Waals surface area contributed by atoms with Gasteiger partial charge in [0.1, 0.15) is 29.3 Å². The number of anilines is 2. The van der Waals surface area contributed by atoms with E-state index in [1.165, 1.54) is 12.1 Å². The Bertz CT molecular complexity index is 1470. The molecule has 4 rings (SSSR count). The Morgan fingerprint density at radius 2 is 1.74 bits per heavy atom. The second-order valence-corrected chi connectivity index (χ2v) is 14.8. The van der Waals surface area contributed by atoms with Gasteiger partial charge in [0.2, 0.25) is 6.29 Å². The number of para-hydroxylation sites is 1. The van der Waals surface area contributed by atoms with Crippen molar-refractivity contribution in [3.05, 3.63) is 46.9 Å². The number of aliphatic hydroxyl groups is 4. The number of sulfone groups is 1. The summed E-state index contributed by atoms with van der Waals surface area (Å²) < 4.78 is 39.9. The Kier molecular flexibility index (Phi) is 9.06. The lowest BCUT2D eigenvalue weighted by Gasteiger charge is -2.55. The fourth-order valence-electron chi connectivity index (χ4n) is 5.97. The van der Waals surface area contributed by atoms with Crippen LogP contribution in [0.15, 0.2) is 51.8 Å². The molecular weight excluding hydrogens is 646 g/mol. The predicted octanol–water partition coefficient (Wildman–Crippen LogP) is 3.72. The van der Waals surface area contributed by atoms with Crippen LogP contribution < -0.4 is 9.64 Å². The van der Waals surface area contributed by atoms with E-state index >= 15 is 0 Å². The number of hydrogen-bond donors (Lipinski definition) is 5. The fourth-order valence-corrected chi connectivity index (χ4v) is 8.57. The second kappa shape index (κ2) is 11.6. The highest BCUT2D eigenvalue weighted by Gasteiger charge is 2.69. The van der Waals surface area contributed by atoms with Gasteiger partial charge in [0.15, 0.2) is 15.4 Å². The van der Waals surface area contributed by atoms with Gasteiger partial charge in [-0.15, -0.1) is 0 Å². The normalized spacial score (nSPS) is 35.6. The van der Waals surface area contributed by atoms with E-state index in [1.54, 1.807) is 29.2 Å². The van der Waals surface area contributed by atoms with Crippen molar-refractivity contribution < 1.29 is 48.2 Å². The number of rotatable bonds is 8. The van der Waals surface area contributed by atoms with Crippen molar-refractivity contribution in [2.75, 3.05) is 10.7 Å². The van der Waals surface area contributed by atoms with Gasteiger partial charge in [-0.05, 0) is 67.7 Å². The lowest BCUT2D eigenvalue weighted by atomic mass is 9.68. The van der Waals surface area contributed by atoms with E-state index in [9.17, 15) is 38.7 Å². The molecule has 0 amide bonds. The summed E-state index contributed by atoms with van der Waals surface area (Å²) in [6.07, 6.45) is -2.59. The summed E-state index contributed by atoms with van der Waals surface area (Å²) >= 11 is 3.41. The minimum atomic E-state index is -4.06. The third-order valence-corrected chi connectivity index (χ3v) is 12.0. The van der Waals surface area contributed by atoms with Crippen molar-refractivity contribution in [3.8, 4) is 5.75 Å². The van der Waals surface area contributed by atoms with E-state index in [4.69, 9.17) is 9.47 Å². The summed E-state index contributed by atoms with van der Waals surface area (Å²) in [4.78, 5) is 13.6. The summed E-state index contributed by atoms with van der Waals surface area (Å²) in [7, 11) is -4.06. The molecule has 1 saturated heterocycles. The van der Waals surface area contributed by atoms with Crippen molar-refractivity contribution in [1.82, 2.24) is 0 Å². The van der Waals surface area contributed by atoms with Gasteiger partial charge in [-0.2, -0.15) is 0 Å². The van der Waals surface area contributed by atoms with Crippen LogP contribution in [0, 0.1) is 5.41 Å². The average Bonchev–Trinajstić information content (AvgIpc) is 3.01. The first-order valence-electron chi connectivity index (χ1n) is 14.2. The van der Waals surface area contributed by atoms with E-state index in [0.717, 1.165) is 27.2 Å². The first-order valence-corrected chi connectivity index (χ1v) is 16.6. The predicted molar refractivity (Wildman–Crippen MR) is 162 cm³/mol. The van der Waals surface area contributed by atoms with Gasteiger partial charge in [-0.3, -0.25) is 0 Å². The van der Waals surface area contributed by atoms with E-state index in [0.29, 0.717) is 24.9 Å². The maximum Gasteiger partial charge on any atom is 0.339 e. The van der Waals surface area contributed by atoms with Gasteiger partial charge < -0.3 is 39.9 Å². The number of benzene rings is 2. The molecule has 0 radical (unpaired) electrons. The molecule has 0 aliphatic carbocycles. The third kappa shape index (κ3) is 5.36. The molecule has 43 heavy (non-hydrogen) atoms. The summed E-state index contributed by atoms with van der Waals surface area (Å²) in [6, 6.07) is 11.6. The van der Waals surface area contributed by atoms with Gasteiger partial charge in [-0.25, -0.2) is 13.2 Å². The molecule has 2 aromatic rings. The van der Waals surface area contributed by atoms with Crippen molar-refractivity contribution >= 4 is 43.1 Å². The van der Waals surface area contributed by atoms with Crippen LogP contribution in [-0.4, -0.2) is 81.1 Å². The number of unbranched alkanes of at least 4 members (excludes halogenated alkanes) is 1. The summed E-state index contributed by atoms with van der Waals surface area (Å²) in [5.41, 5.74) is -7.52. The van der Waals surface area contributed by atoms with Gasteiger partial charge in [0.05, 0.1) is 20.8 Å². The Balaban J connectivity index is 1.88. The van der Waals surface area contributed by atoms with Crippen LogP contribution in [-0.2, 0) is 19.4 Å². The molecule has 2 aliphatic heterocycles. The van der Waals surface area contributed by atoms with E-state index < -0.39 is 56.6 Å². The Hall–Kier alpha value is -2.26. The van der Waals surface area contributed by atoms with E-state index in [-0.39, 0.29) is 26.6 Å². The standard InChI is InChI=1S/C30H40BrNO10S/c1-6-8-14-30(7-2)17-43(39,40)22-16-21(19(31)15-20(22)32(25(30)34)18-12-10-9-11-13-18)41-24-23(33)27(3,37)29(5,38)28(4,42-24)26(35)36/h9-13,15-16,23-25,33-34,37-38H,6-8,14,17H2,1-5H3,(H,35,36)/t23?,24?,25-,27?,28?,29?,30+/m0/s1. The van der Waals surface area contributed by atoms with Crippen LogP contribution in [0.1, 0.15) is 60.3 Å². The monoisotopic (exact) mass is 685 g/mol. The number of carbonyl (C=O) groups is 1. The van der Waals surface area contributed by atoms with Crippen LogP contribution in [0.25, 0.3) is 0 Å². The highest BCUT2D eigenvalue weighted by molar-refractivity contribution is 9.10. The number of fused-ring (bicyclic) bond motifs is 1. The molecule has 13 heteroatoms. The lowest BCUT2D eigenvalue weighted by molar-refractivity contribution is -0.362. The van der Waals surface area contributed by atoms with Crippen LogP contribution in [0.5, 0.6) is 5.75 Å². The average molecular weight is 687 g/mol. The molecule has 0 spiro atoms. The smallest absolute Gasteiger partial charge is 0.339 e. The zero-order valence-corrected chi connectivity index (χ0v) is 27.2. The number of aliphatic carboxylic acids is 1. The molecule has 0 saturated carbocycles. The van der Waals surface area contributed by atoms with Crippen LogP contribution in [0.3, 0.4) is 0 Å². The highest BCUT2D eigenvalue weighted by Crippen LogP contribution is 2.50. The number of halogens is 1. The molecule has 5 unspecified atom stereocenters. The molecule has 11 nitrogen and oxygen atoms in total. The number of hydrogen-bond acceptors (Lipinski definition) is 10. The molecule has 2 aliphatic rings. The number of ether oxygens (including phenoxy) is 2. The zero-order chi connectivity index (χ0) is 32.2. The molecule has 0 aromatic heterocycles. The molecule has 1 fully saturated rings. The first-order chi connectivity index (χ1) is 19.9. The summed E-state index contributed by atoms with van der Waals surface area (Å²) in [5.74, 6) is -2.08. The van der Waals surface area contributed by atoms with Crippen LogP contribution in [0.4, 0.5) is 11.4 Å². The Morgan fingerprint density at radius 3 is 2.30 bits per heavy atom. The molecule has 7 atom stereocenters. The quantitative estimate of drug-likeness (QED) is 0.274. The van der Waals surface area contributed by atoms with Gasteiger partial charge in [0, 0.05) is 17.2 Å². The third-order valence-electron chi connectivity index (χ3n) is 9.40. The topological polar surface area (TPSA) is 174 Å². The van der Waals surface area contributed by atoms with E-state index in [1.807, 2.05) is 19.9 Å². The minimum absolute atomic E-state index is 0.128. The largest absolute Gasteiger partial charge is 0.479 e. The molecule has 0 bridgehead atoms. The Morgan fingerprint density at radius 1 is 1.12 bits per heavy atom. The number of nitrogens with zero attached hydrogens (tertiary/aromatic N) is 1. The second-order valence-electron chi connectivity index (χ2n) is 12.0. The van der Waals surface area contributed by atoms with Crippen molar-refractivity contribution in [2.45, 2.75) is 101 Å². The fraction of sp³-hybridized carbons (Fsp3) is 0.567. The van der Waals surface area contributed by atoms with Crippen molar-refractivity contribution in [1.29, 1.82) is 0 Å².